The molecule has 0 bridgehead atoms. The minimum absolute atomic E-state index is 0.143. The second kappa shape index (κ2) is 9.00. The summed E-state index contributed by atoms with van der Waals surface area (Å²) in [4.78, 5) is 22.7. The van der Waals surface area contributed by atoms with E-state index in [-0.39, 0.29) is 18.9 Å². The van der Waals surface area contributed by atoms with Crippen molar-refractivity contribution < 1.29 is 19.4 Å². The number of aliphatic carboxylic acids is 1. The molecule has 1 aromatic rings. The maximum Gasteiger partial charge on any atom is 0.326 e. The van der Waals surface area contributed by atoms with Crippen LogP contribution in [0.4, 0.5) is 0 Å². The Bertz CT molecular complexity index is 456. The first kappa shape index (κ1) is 17.0. The quantitative estimate of drug-likeness (QED) is 0.733. The van der Waals surface area contributed by atoms with E-state index in [0.29, 0.717) is 12.2 Å². The van der Waals surface area contributed by atoms with Crippen LogP contribution in [0.2, 0.25) is 0 Å². The lowest BCUT2D eigenvalue weighted by Gasteiger charge is -2.14. The summed E-state index contributed by atoms with van der Waals surface area (Å²) < 4.78 is 5.45. The number of hydrogen-bond acceptors (Lipinski definition) is 3. The lowest BCUT2D eigenvalue weighted by Crippen LogP contribution is -2.41. The van der Waals surface area contributed by atoms with Crippen LogP contribution in [-0.4, -0.2) is 29.6 Å². The second-order valence-electron chi connectivity index (χ2n) is 5.01. The summed E-state index contributed by atoms with van der Waals surface area (Å²) in [7, 11) is 0. The molecular weight excluding hydrogens is 270 g/mol. The van der Waals surface area contributed by atoms with Gasteiger partial charge in [-0.3, -0.25) is 4.79 Å². The van der Waals surface area contributed by atoms with Gasteiger partial charge in [-0.15, -0.1) is 0 Å². The Morgan fingerprint density at radius 2 is 1.95 bits per heavy atom. The van der Waals surface area contributed by atoms with E-state index in [1.54, 1.807) is 0 Å². The highest BCUT2D eigenvalue weighted by Gasteiger charge is 2.18. The zero-order valence-electron chi connectivity index (χ0n) is 12.6. The summed E-state index contributed by atoms with van der Waals surface area (Å²) in [5, 5.41) is 11.6. The number of unbranched alkanes of at least 4 members (excludes halogenated alkanes) is 1. The Hall–Kier alpha value is -2.04. The summed E-state index contributed by atoms with van der Waals surface area (Å²) in [6.45, 7) is 4.20. The highest BCUT2D eigenvalue weighted by molar-refractivity contribution is 5.83. The van der Waals surface area contributed by atoms with Crippen LogP contribution in [0.5, 0.6) is 5.75 Å². The van der Waals surface area contributed by atoms with Crippen LogP contribution in [0.1, 0.15) is 38.2 Å². The molecule has 0 heterocycles. The molecule has 116 valence electrons. The largest absolute Gasteiger partial charge is 0.493 e. The maximum atomic E-state index is 11.7. The molecule has 21 heavy (non-hydrogen) atoms. The Labute approximate surface area is 125 Å². The molecule has 0 aliphatic carbocycles. The molecule has 0 radical (unpaired) electrons. The van der Waals surface area contributed by atoms with Gasteiger partial charge >= 0.3 is 5.97 Å². The van der Waals surface area contributed by atoms with Gasteiger partial charge in [0.2, 0.25) is 5.91 Å². The van der Waals surface area contributed by atoms with E-state index in [1.165, 1.54) is 0 Å². The number of carbonyl (C=O) groups is 2. The molecule has 0 aromatic heterocycles. The van der Waals surface area contributed by atoms with Gasteiger partial charge in [0.25, 0.3) is 0 Å². The SMILES string of the molecule is CCCC[C@H](NC(=O)CCOc1ccc(C)cc1)C(=O)O. The summed E-state index contributed by atoms with van der Waals surface area (Å²) >= 11 is 0. The Kier molecular flexibility index (Phi) is 7.29. The van der Waals surface area contributed by atoms with Gasteiger partial charge in [-0.25, -0.2) is 4.79 Å². The van der Waals surface area contributed by atoms with Crippen LogP contribution < -0.4 is 10.1 Å². The van der Waals surface area contributed by atoms with Crippen molar-refractivity contribution in [1.82, 2.24) is 5.32 Å². The molecule has 0 unspecified atom stereocenters. The lowest BCUT2D eigenvalue weighted by atomic mass is 10.1. The smallest absolute Gasteiger partial charge is 0.326 e. The zero-order valence-corrected chi connectivity index (χ0v) is 12.6. The normalized spacial score (nSPS) is 11.7. The van der Waals surface area contributed by atoms with E-state index in [0.717, 1.165) is 18.4 Å². The van der Waals surface area contributed by atoms with Crippen molar-refractivity contribution in [2.45, 2.75) is 45.6 Å². The van der Waals surface area contributed by atoms with Gasteiger partial charge < -0.3 is 15.2 Å². The van der Waals surface area contributed by atoms with E-state index in [1.807, 2.05) is 38.1 Å². The first-order valence-electron chi connectivity index (χ1n) is 7.24. The van der Waals surface area contributed by atoms with Crippen molar-refractivity contribution in [2.24, 2.45) is 0 Å². The fourth-order valence-electron chi connectivity index (χ4n) is 1.83. The first-order valence-corrected chi connectivity index (χ1v) is 7.24. The molecule has 0 fully saturated rings. The molecule has 0 spiro atoms. The Balaban J connectivity index is 2.32. The highest BCUT2D eigenvalue weighted by atomic mass is 16.5. The fraction of sp³-hybridized carbons (Fsp3) is 0.500. The topological polar surface area (TPSA) is 75.6 Å². The van der Waals surface area contributed by atoms with Gasteiger partial charge in [0, 0.05) is 0 Å². The predicted octanol–water partition coefficient (Wildman–Crippen LogP) is 2.52. The molecule has 1 aromatic carbocycles. The van der Waals surface area contributed by atoms with Crippen molar-refractivity contribution in [1.29, 1.82) is 0 Å². The maximum absolute atomic E-state index is 11.7. The van der Waals surface area contributed by atoms with Crippen LogP contribution in [0.3, 0.4) is 0 Å². The molecule has 1 amide bonds. The summed E-state index contributed by atoms with van der Waals surface area (Å²) in [6.07, 6.45) is 2.27. The first-order chi connectivity index (χ1) is 10.0. The van der Waals surface area contributed by atoms with Crippen LogP contribution in [0.25, 0.3) is 0 Å². The number of aryl methyl sites for hydroxylation is 1. The number of rotatable bonds is 9. The van der Waals surface area contributed by atoms with Crippen molar-refractivity contribution in [3.8, 4) is 5.75 Å². The van der Waals surface area contributed by atoms with Crippen LogP contribution in [-0.2, 0) is 9.59 Å². The van der Waals surface area contributed by atoms with Crippen LogP contribution in [0, 0.1) is 6.92 Å². The van der Waals surface area contributed by atoms with E-state index in [9.17, 15) is 9.59 Å². The standard InChI is InChI=1S/C16H23NO4/c1-3-4-5-14(16(19)20)17-15(18)10-11-21-13-8-6-12(2)7-9-13/h6-9,14H,3-5,10-11H2,1-2H3,(H,17,18)(H,19,20)/t14-/m0/s1. The van der Waals surface area contributed by atoms with Crippen molar-refractivity contribution >= 4 is 11.9 Å². The van der Waals surface area contributed by atoms with Gasteiger partial charge in [0.1, 0.15) is 11.8 Å². The molecule has 0 aliphatic rings. The zero-order chi connectivity index (χ0) is 15.7. The van der Waals surface area contributed by atoms with Gasteiger partial charge in [-0.1, -0.05) is 37.5 Å². The van der Waals surface area contributed by atoms with Crippen LogP contribution in [0.15, 0.2) is 24.3 Å². The van der Waals surface area contributed by atoms with Gasteiger partial charge in [-0.05, 0) is 25.5 Å². The number of benzene rings is 1. The second-order valence-corrected chi connectivity index (χ2v) is 5.01. The average Bonchev–Trinajstić information content (AvgIpc) is 2.45. The molecule has 0 saturated carbocycles. The van der Waals surface area contributed by atoms with E-state index >= 15 is 0 Å². The molecule has 0 aliphatic heterocycles. The van der Waals surface area contributed by atoms with E-state index in [4.69, 9.17) is 9.84 Å². The summed E-state index contributed by atoms with van der Waals surface area (Å²) in [5.41, 5.74) is 1.14. The van der Waals surface area contributed by atoms with Crippen LogP contribution >= 0.6 is 0 Å². The van der Waals surface area contributed by atoms with Gasteiger partial charge in [0.15, 0.2) is 0 Å². The van der Waals surface area contributed by atoms with Gasteiger partial charge in [0.05, 0.1) is 13.0 Å². The van der Waals surface area contributed by atoms with E-state index in [2.05, 4.69) is 5.32 Å². The molecule has 1 rings (SSSR count). The number of amides is 1. The average molecular weight is 293 g/mol. The summed E-state index contributed by atoms with van der Waals surface area (Å²) in [5.74, 6) is -0.587. The number of nitrogens with one attached hydrogen (secondary N) is 1. The number of carboxylic acids is 1. The fourth-order valence-corrected chi connectivity index (χ4v) is 1.83. The molecule has 1 atom stereocenters. The molecule has 2 N–H and O–H groups in total. The number of carboxylic acid groups (broad SMARTS) is 1. The number of ether oxygens (including phenoxy) is 1. The van der Waals surface area contributed by atoms with Crippen molar-refractivity contribution in [3.05, 3.63) is 29.8 Å². The summed E-state index contributed by atoms with van der Waals surface area (Å²) in [6, 6.07) is 6.74. The third kappa shape index (κ3) is 6.79. The van der Waals surface area contributed by atoms with E-state index < -0.39 is 12.0 Å². The van der Waals surface area contributed by atoms with Crippen molar-refractivity contribution in [2.75, 3.05) is 6.61 Å². The monoisotopic (exact) mass is 293 g/mol. The Morgan fingerprint density at radius 3 is 2.52 bits per heavy atom. The molecular formula is C16H23NO4. The Morgan fingerprint density at radius 1 is 1.29 bits per heavy atom. The number of hydrogen-bond donors (Lipinski definition) is 2. The third-order valence-electron chi connectivity index (χ3n) is 3.10. The lowest BCUT2D eigenvalue weighted by molar-refractivity contribution is -0.142. The minimum Gasteiger partial charge on any atom is -0.493 e. The third-order valence-corrected chi connectivity index (χ3v) is 3.10. The predicted molar refractivity (Wildman–Crippen MR) is 80.4 cm³/mol. The van der Waals surface area contributed by atoms with Gasteiger partial charge in [-0.2, -0.15) is 0 Å². The minimum atomic E-state index is -0.990. The molecule has 5 heteroatoms. The number of carbonyl (C=O) groups excluding carboxylic acids is 1. The molecule has 0 saturated heterocycles. The highest BCUT2D eigenvalue weighted by Crippen LogP contribution is 2.11. The van der Waals surface area contributed by atoms with Crippen molar-refractivity contribution in [3.63, 3.8) is 0 Å². The molecule has 5 nitrogen and oxygen atoms in total.